The molecular weight excluding hydrogens is 266 g/mol. The number of hydrogen-bond acceptors (Lipinski definition) is 3. The third kappa shape index (κ3) is 3.74. The topological polar surface area (TPSA) is 75.4 Å². The van der Waals surface area contributed by atoms with Crippen LogP contribution in [0.1, 0.15) is 42.1 Å². The van der Waals surface area contributed by atoms with Crippen LogP contribution in [0.3, 0.4) is 0 Å². The summed E-state index contributed by atoms with van der Waals surface area (Å²) in [5.41, 5.74) is 8.08. The molecule has 1 saturated heterocycles. The number of aryl methyl sites for hydroxylation is 1. The second kappa shape index (κ2) is 6.61. The molecule has 0 bridgehead atoms. The lowest BCUT2D eigenvalue weighted by Gasteiger charge is -2.32. The Morgan fingerprint density at radius 1 is 1.33 bits per heavy atom. The number of anilines is 1. The minimum atomic E-state index is 0.0402. The van der Waals surface area contributed by atoms with Gasteiger partial charge in [-0.2, -0.15) is 0 Å². The van der Waals surface area contributed by atoms with Gasteiger partial charge in [0.2, 0.25) is 5.91 Å². The fraction of sp³-hybridized carbons (Fsp3) is 0.500. The third-order valence-corrected chi connectivity index (χ3v) is 3.99. The quantitative estimate of drug-likeness (QED) is 0.832. The normalized spacial score (nSPS) is 15.8. The number of nitrogens with two attached hydrogens (primary N) is 1. The zero-order valence-electron chi connectivity index (χ0n) is 12.7. The Kier molecular flexibility index (Phi) is 4.83. The number of likely N-dealkylation sites (tertiary alicyclic amines) is 1. The van der Waals surface area contributed by atoms with Crippen molar-refractivity contribution in [2.45, 2.75) is 39.2 Å². The first-order valence-electron chi connectivity index (χ1n) is 7.46. The summed E-state index contributed by atoms with van der Waals surface area (Å²) in [6, 6.07) is 5.57. The molecule has 1 aliphatic rings. The first-order valence-corrected chi connectivity index (χ1v) is 7.46. The molecule has 2 rings (SSSR count). The summed E-state index contributed by atoms with van der Waals surface area (Å²) in [7, 11) is 0. The average molecular weight is 289 g/mol. The maximum Gasteiger partial charge on any atom is 0.253 e. The smallest absolute Gasteiger partial charge is 0.253 e. The number of carbonyl (C=O) groups is 2. The van der Waals surface area contributed by atoms with Crippen LogP contribution in [0.15, 0.2) is 18.2 Å². The fourth-order valence-electron chi connectivity index (χ4n) is 2.55. The van der Waals surface area contributed by atoms with Crippen LogP contribution in [0.5, 0.6) is 0 Å². The van der Waals surface area contributed by atoms with Gasteiger partial charge in [-0.15, -0.1) is 0 Å². The molecule has 0 atom stereocenters. The van der Waals surface area contributed by atoms with E-state index in [4.69, 9.17) is 5.73 Å². The van der Waals surface area contributed by atoms with E-state index in [-0.39, 0.29) is 17.9 Å². The largest absolute Gasteiger partial charge is 0.399 e. The molecule has 5 nitrogen and oxygen atoms in total. The van der Waals surface area contributed by atoms with Gasteiger partial charge in [-0.1, -0.05) is 6.92 Å². The Morgan fingerprint density at radius 3 is 2.57 bits per heavy atom. The maximum atomic E-state index is 12.4. The molecule has 0 saturated carbocycles. The van der Waals surface area contributed by atoms with Crippen molar-refractivity contribution in [1.82, 2.24) is 10.2 Å². The molecule has 1 heterocycles. The monoisotopic (exact) mass is 289 g/mol. The molecule has 114 valence electrons. The zero-order chi connectivity index (χ0) is 15.4. The second-order valence-corrected chi connectivity index (χ2v) is 5.56. The number of amides is 2. The van der Waals surface area contributed by atoms with Crippen molar-refractivity contribution in [3.63, 3.8) is 0 Å². The Balaban J connectivity index is 1.93. The SMILES string of the molecule is CCC(=O)NC1CCN(C(=O)c2ccc(N)c(C)c2)CC1. The predicted octanol–water partition coefficient (Wildman–Crippen LogP) is 1.71. The zero-order valence-corrected chi connectivity index (χ0v) is 12.7. The molecule has 2 amide bonds. The van der Waals surface area contributed by atoms with Crippen molar-refractivity contribution >= 4 is 17.5 Å². The van der Waals surface area contributed by atoms with Crippen LogP contribution in [0.25, 0.3) is 0 Å². The van der Waals surface area contributed by atoms with Gasteiger partial charge < -0.3 is 16.0 Å². The summed E-state index contributed by atoms with van der Waals surface area (Å²) in [6.07, 6.45) is 2.13. The fourth-order valence-corrected chi connectivity index (χ4v) is 2.55. The summed E-state index contributed by atoms with van der Waals surface area (Å²) >= 11 is 0. The van der Waals surface area contributed by atoms with E-state index in [0.29, 0.717) is 30.8 Å². The third-order valence-electron chi connectivity index (χ3n) is 3.99. The van der Waals surface area contributed by atoms with Gasteiger partial charge in [0.1, 0.15) is 0 Å². The highest BCUT2D eigenvalue weighted by atomic mass is 16.2. The van der Waals surface area contributed by atoms with Gasteiger partial charge in [0.15, 0.2) is 0 Å². The van der Waals surface area contributed by atoms with E-state index in [9.17, 15) is 9.59 Å². The molecule has 1 fully saturated rings. The molecule has 3 N–H and O–H groups in total. The highest BCUT2D eigenvalue weighted by molar-refractivity contribution is 5.95. The standard InChI is InChI=1S/C16H23N3O2/c1-3-15(20)18-13-6-8-19(9-7-13)16(21)12-4-5-14(17)11(2)10-12/h4-5,10,13H,3,6-9,17H2,1-2H3,(H,18,20). The summed E-state index contributed by atoms with van der Waals surface area (Å²) < 4.78 is 0. The van der Waals surface area contributed by atoms with Crippen molar-refractivity contribution in [2.75, 3.05) is 18.8 Å². The van der Waals surface area contributed by atoms with Crippen molar-refractivity contribution in [3.05, 3.63) is 29.3 Å². The second-order valence-electron chi connectivity index (χ2n) is 5.56. The summed E-state index contributed by atoms with van der Waals surface area (Å²) in [4.78, 5) is 25.7. The van der Waals surface area contributed by atoms with E-state index in [2.05, 4.69) is 5.32 Å². The van der Waals surface area contributed by atoms with Crippen LogP contribution in [-0.4, -0.2) is 35.8 Å². The van der Waals surface area contributed by atoms with Gasteiger partial charge in [0.05, 0.1) is 0 Å². The molecule has 0 aliphatic carbocycles. The number of piperidine rings is 1. The molecule has 1 aromatic carbocycles. The number of nitrogens with one attached hydrogen (secondary N) is 1. The molecular formula is C16H23N3O2. The van der Waals surface area contributed by atoms with Crippen LogP contribution in [0, 0.1) is 6.92 Å². The van der Waals surface area contributed by atoms with Gasteiger partial charge >= 0.3 is 0 Å². The first-order chi connectivity index (χ1) is 10.0. The number of hydrogen-bond donors (Lipinski definition) is 2. The van der Waals surface area contributed by atoms with Gasteiger partial charge in [-0.05, 0) is 43.5 Å². The van der Waals surface area contributed by atoms with Crippen molar-refractivity contribution < 1.29 is 9.59 Å². The molecule has 0 radical (unpaired) electrons. The lowest BCUT2D eigenvalue weighted by Crippen LogP contribution is -2.46. The van der Waals surface area contributed by atoms with Crippen LogP contribution in [0.2, 0.25) is 0 Å². The van der Waals surface area contributed by atoms with Gasteiger partial charge in [-0.3, -0.25) is 9.59 Å². The lowest BCUT2D eigenvalue weighted by molar-refractivity contribution is -0.121. The maximum absolute atomic E-state index is 12.4. The highest BCUT2D eigenvalue weighted by Crippen LogP contribution is 2.17. The molecule has 1 aliphatic heterocycles. The number of carbonyl (C=O) groups excluding carboxylic acids is 2. The first kappa shape index (κ1) is 15.4. The lowest BCUT2D eigenvalue weighted by atomic mass is 10.0. The number of rotatable bonds is 3. The van der Waals surface area contributed by atoms with E-state index >= 15 is 0 Å². The van der Waals surface area contributed by atoms with Crippen LogP contribution in [0.4, 0.5) is 5.69 Å². The molecule has 21 heavy (non-hydrogen) atoms. The minimum absolute atomic E-state index is 0.0402. The van der Waals surface area contributed by atoms with E-state index in [0.717, 1.165) is 18.4 Å². The van der Waals surface area contributed by atoms with Crippen molar-refractivity contribution in [2.24, 2.45) is 0 Å². The summed E-state index contributed by atoms with van der Waals surface area (Å²) in [5.74, 6) is 0.118. The average Bonchev–Trinajstić information content (AvgIpc) is 2.50. The van der Waals surface area contributed by atoms with Crippen molar-refractivity contribution in [3.8, 4) is 0 Å². The summed E-state index contributed by atoms with van der Waals surface area (Å²) in [6.45, 7) is 5.10. The highest BCUT2D eigenvalue weighted by Gasteiger charge is 2.24. The predicted molar refractivity (Wildman–Crippen MR) is 83.0 cm³/mol. The Hall–Kier alpha value is -2.04. The van der Waals surface area contributed by atoms with Gasteiger partial charge in [-0.25, -0.2) is 0 Å². The van der Waals surface area contributed by atoms with Crippen LogP contribution >= 0.6 is 0 Å². The van der Waals surface area contributed by atoms with E-state index in [1.807, 2.05) is 24.8 Å². The van der Waals surface area contributed by atoms with Gasteiger partial charge in [0.25, 0.3) is 5.91 Å². The molecule has 0 unspecified atom stereocenters. The van der Waals surface area contributed by atoms with Crippen LogP contribution in [-0.2, 0) is 4.79 Å². The van der Waals surface area contributed by atoms with E-state index < -0.39 is 0 Å². The minimum Gasteiger partial charge on any atom is -0.399 e. The number of benzene rings is 1. The van der Waals surface area contributed by atoms with Crippen molar-refractivity contribution in [1.29, 1.82) is 0 Å². The van der Waals surface area contributed by atoms with Crippen LogP contribution < -0.4 is 11.1 Å². The number of nitrogens with zero attached hydrogens (tertiary/aromatic N) is 1. The Bertz CT molecular complexity index is 534. The molecule has 1 aromatic rings. The molecule has 0 spiro atoms. The molecule has 5 heteroatoms. The molecule has 0 aromatic heterocycles. The Labute approximate surface area is 125 Å². The van der Waals surface area contributed by atoms with Gasteiger partial charge in [0, 0.05) is 36.8 Å². The Morgan fingerprint density at radius 2 is 2.00 bits per heavy atom. The van der Waals surface area contributed by atoms with E-state index in [1.54, 1.807) is 12.1 Å². The number of nitrogen functional groups attached to an aromatic ring is 1. The summed E-state index contributed by atoms with van der Waals surface area (Å²) in [5, 5.41) is 2.99. The van der Waals surface area contributed by atoms with E-state index in [1.165, 1.54) is 0 Å².